The fourth-order valence-corrected chi connectivity index (χ4v) is 7.20. The van der Waals surface area contributed by atoms with E-state index >= 15 is 0 Å². The molecule has 0 saturated carbocycles. The van der Waals surface area contributed by atoms with E-state index in [1.54, 1.807) is 0 Å². The Morgan fingerprint density at radius 2 is 0.750 bits per heavy atom. The molecule has 0 N–H and O–H groups in total. The third kappa shape index (κ3) is 3.85. The highest BCUT2D eigenvalue weighted by atomic mass is 14.2. The molecule has 44 heavy (non-hydrogen) atoms. The maximum absolute atomic E-state index is 2.37. The molecule has 0 unspecified atom stereocenters. The molecule has 0 heterocycles. The first-order valence-corrected chi connectivity index (χ1v) is 15.3. The van der Waals surface area contributed by atoms with E-state index in [4.69, 9.17) is 0 Å². The van der Waals surface area contributed by atoms with Gasteiger partial charge in [0.2, 0.25) is 0 Å². The van der Waals surface area contributed by atoms with Crippen molar-refractivity contribution in [1.82, 2.24) is 0 Å². The first-order valence-electron chi connectivity index (χ1n) is 15.3. The van der Waals surface area contributed by atoms with Gasteiger partial charge >= 0.3 is 0 Å². The van der Waals surface area contributed by atoms with Gasteiger partial charge in [0.25, 0.3) is 0 Å². The summed E-state index contributed by atoms with van der Waals surface area (Å²) in [5, 5.41) is 12.8. The zero-order valence-electron chi connectivity index (χ0n) is 24.2. The lowest BCUT2D eigenvalue weighted by molar-refractivity contribution is 1.64. The maximum atomic E-state index is 2.37. The number of hydrogen-bond donors (Lipinski definition) is 0. The van der Waals surface area contributed by atoms with Crippen molar-refractivity contribution in [3.05, 3.63) is 170 Å². The van der Waals surface area contributed by atoms with Gasteiger partial charge in [-0.1, -0.05) is 158 Å². The molecule has 0 fully saturated rings. The summed E-state index contributed by atoms with van der Waals surface area (Å²) in [5.41, 5.74) is 7.57. The second kappa shape index (κ2) is 9.93. The predicted molar refractivity (Wildman–Crippen MR) is 190 cm³/mol. The first kappa shape index (κ1) is 24.8. The third-order valence-corrected chi connectivity index (χ3v) is 9.22. The summed E-state index contributed by atoms with van der Waals surface area (Å²) in [7, 11) is 0. The Hall–Kier alpha value is -5.72. The van der Waals surface area contributed by atoms with E-state index in [0.29, 0.717) is 0 Å². The van der Waals surface area contributed by atoms with E-state index in [9.17, 15) is 0 Å². The SMILES string of the molecule is c1ccc(-c2ccc3cccc(-c4c5ccccc5c(-c5ccc6c(ccc7ccccc76)c5)c5ccccc45)c3c2)cc1. The third-order valence-electron chi connectivity index (χ3n) is 9.22. The van der Waals surface area contributed by atoms with E-state index in [1.165, 1.54) is 87.2 Å². The van der Waals surface area contributed by atoms with Crippen molar-refractivity contribution in [2.75, 3.05) is 0 Å². The van der Waals surface area contributed by atoms with Crippen LogP contribution < -0.4 is 0 Å². The molecule has 0 aliphatic heterocycles. The molecular weight excluding hydrogens is 528 g/mol. The minimum Gasteiger partial charge on any atom is -0.0622 e. The molecule has 0 radical (unpaired) electrons. The van der Waals surface area contributed by atoms with Crippen molar-refractivity contribution >= 4 is 53.9 Å². The van der Waals surface area contributed by atoms with E-state index in [1.807, 2.05) is 0 Å². The summed E-state index contributed by atoms with van der Waals surface area (Å²) in [6, 6.07) is 62.3. The van der Waals surface area contributed by atoms with Gasteiger partial charge in [-0.3, -0.25) is 0 Å². The highest BCUT2D eigenvalue weighted by molar-refractivity contribution is 6.24. The molecular formula is C44H28. The van der Waals surface area contributed by atoms with Crippen molar-refractivity contribution < 1.29 is 0 Å². The van der Waals surface area contributed by atoms with Crippen LogP contribution in [0.4, 0.5) is 0 Å². The van der Waals surface area contributed by atoms with Gasteiger partial charge < -0.3 is 0 Å². The molecule has 0 saturated heterocycles. The van der Waals surface area contributed by atoms with Gasteiger partial charge in [0.15, 0.2) is 0 Å². The Morgan fingerprint density at radius 3 is 1.50 bits per heavy atom. The average Bonchev–Trinajstić information content (AvgIpc) is 3.10. The van der Waals surface area contributed by atoms with Crippen molar-refractivity contribution in [2.45, 2.75) is 0 Å². The molecule has 0 atom stereocenters. The monoisotopic (exact) mass is 556 g/mol. The fraction of sp³-hybridized carbons (Fsp3) is 0. The van der Waals surface area contributed by atoms with E-state index in [0.717, 1.165) is 0 Å². The van der Waals surface area contributed by atoms with E-state index < -0.39 is 0 Å². The minimum absolute atomic E-state index is 1.23. The van der Waals surface area contributed by atoms with Crippen LogP contribution in [0.25, 0.3) is 87.2 Å². The number of fused-ring (bicyclic) bond motifs is 6. The molecule has 0 spiro atoms. The fourth-order valence-electron chi connectivity index (χ4n) is 7.20. The lowest BCUT2D eigenvalue weighted by Crippen LogP contribution is -1.92. The summed E-state index contributed by atoms with van der Waals surface area (Å²) in [4.78, 5) is 0. The second-order valence-corrected chi connectivity index (χ2v) is 11.7. The van der Waals surface area contributed by atoms with Crippen molar-refractivity contribution in [1.29, 1.82) is 0 Å². The van der Waals surface area contributed by atoms with Crippen LogP contribution in [0, 0.1) is 0 Å². The molecule has 9 aromatic rings. The van der Waals surface area contributed by atoms with Crippen LogP contribution in [0.1, 0.15) is 0 Å². The van der Waals surface area contributed by atoms with Crippen LogP contribution in [0.5, 0.6) is 0 Å². The zero-order chi connectivity index (χ0) is 29.0. The summed E-state index contributed by atoms with van der Waals surface area (Å²) >= 11 is 0. The average molecular weight is 557 g/mol. The molecule has 0 bridgehead atoms. The highest BCUT2D eigenvalue weighted by Crippen LogP contribution is 2.46. The molecule has 0 aliphatic carbocycles. The molecule has 204 valence electrons. The van der Waals surface area contributed by atoms with Gasteiger partial charge in [-0.25, -0.2) is 0 Å². The van der Waals surface area contributed by atoms with Gasteiger partial charge in [0.05, 0.1) is 0 Å². The number of rotatable bonds is 3. The zero-order valence-corrected chi connectivity index (χ0v) is 24.2. The van der Waals surface area contributed by atoms with Gasteiger partial charge in [-0.15, -0.1) is 0 Å². The molecule has 0 nitrogen and oxygen atoms in total. The molecule has 0 heteroatoms. The lowest BCUT2D eigenvalue weighted by atomic mass is 9.84. The standard InChI is InChI=1S/C44H28/c1-2-11-29(12-3-1)32-23-21-31-14-10-20-41(42(31)28-32)44-39-18-8-6-16-37(39)43(38-17-7-9-19-40(38)44)34-25-26-36-33(27-34)24-22-30-13-4-5-15-35(30)36/h1-28H. The molecule has 0 amide bonds. The van der Waals surface area contributed by atoms with Gasteiger partial charge in [0, 0.05) is 0 Å². The first-order chi connectivity index (χ1) is 21.8. The Kier molecular flexibility index (Phi) is 5.61. The minimum atomic E-state index is 1.23. The largest absolute Gasteiger partial charge is 0.0622 e. The topological polar surface area (TPSA) is 0 Å². The predicted octanol–water partition coefficient (Wildman–Crippen LogP) is 12.5. The highest BCUT2D eigenvalue weighted by Gasteiger charge is 2.18. The number of benzene rings is 9. The van der Waals surface area contributed by atoms with Gasteiger partial charge in [-0.05, 0) is 99.4 Å². The molecule has 0 aliphatic rings. The quantitative estimate of drug-likeness (QED) is 0.150. The van der Waals surface area contributed by atoms with Crippen LogP contribution in [0.15, 0.2) is 170 Å². The summed E-state index contributed by atoms with van der Waals surface area (Å²) in [6.45, 7) is 0. The van der Waals surface area contributed by atoms with E-state index in [2.05, 4.69) is 170 Å². The Balaban J connectivity index is 1.35. The van der Waals surface area contributed by atoms with Crippen LogP contribution >= 0.6 is 0 Å². The van der Waals surface area contributed by atoms with Crippen molar-refractivity contribution in [3.63, 3.8) is 0 Å². The molecule has 0 aromatic heterocycles. The summed E-state index contributed by atoms with van der Waals surface area (Å²) in [6.07, 6.45) is 0. The van der Waals surface area contributed by atoms with Crippen LogP contribution in [0.3, 0.4) is 0 Å². The second-order valence-electron chi connectivity index (χ2n) is 11.7. The number of hydrogen-bond acceptors (Lipinski definition) is 0. The summed E-state index contributed by atoms with van der Waals surface area (Å²) < 4.78 is 0. The Labute approximate surface area is 256 Å². The van der Waals surface area contributed by atoms with Crippen molar-refractivity contribution in [3.8, 4) is 33.4 Å². The Bertz CT molecular complexity index is 2480. The van der Waals surface area contributed by atoms with Gasteiger partial charge in [-0.2, -0.15) is 0 Å². The lowest BCUT2D eigenvalue weighted by Gasteiger charge is -2.19. The van der Waals surface area contributed by atoms with Gasteiger partial charge in [0.1, 0.15) is 0 Å². The smallest absolute Gasteiger partial charge is 0.00201 e. The molecule has 9 rings (SSSR count). The van der Waals surface area contributed by atoms with Crippen LogP contribution in [-0.2, 0) is 0 Å². The van der Waals surface area contributed by atoms with Crippen molar-refractivity contribution in [2.24, 2.45) is 0 Å². The van der Waals surface area contributed by atoms with Crippen LogP contribution in [0.2, 0.25) is 0 Å². The Morgan fingerprint density at radius 1 is 0.227 bits per heavy atom. The maximum Gasteiger partial charge on any atom is -0.00201 e. The normalized spacial score (nSPS) is 11.6. The van der Waals surface area contributed by atoms with E-state index in [-0.39, 0.29) is 0 Å². The van der Waals surface area contributed by atoms with Crippen LogP contribution in [-0.4, -0.2) is 0 Å². The summed E-state index contributed by atoms with van der Waals surface area (Å²) in [5.74, 6) is 0. The molecule has 9 aromatic carbocycles.